The van der Waals surface area contributed by atoms with Crippen LogP contribution in [0.2, 0.25) is 0 Å². The summed E-state index contributed by atoms with van der Waals surface area (Å²) >= 11 is 1.20. The van der Waals surface area contributed by atoms with Crippen LogP contribution >= 0.6 is 11.3 Å². The average Bonchev–Trinajstić information content (AvgIpc) is 3.22. The molecule has 1 heterocycles. The summed E-state index contributed by atoms with van der Waals surface area (Å²) in [6, 6.07) is 16.2. The maximum atomic E-state index is 14.2. The van der Waals surface area contributed by atoms with E-state index in [0.29, 0.717) is 23.3 Å². The van der Waals surface area contributed by atoms with Crippen LogP contribution in [-0.4, -0.2) is 23.3 Å². The first kappa shape index (κ1) is 23.3. The summed E-state index contributed by atoms with van der Waals surface area (Å²) in [5.41, 5.74) is 1.85. The summed E-state index contributed by atoms with van der Waals surface area (Å²) in [5.74, 6) is -0.493. The number of carbonyl (C=O) groups is 2. The molecule has 166 valence electrons. The van der Waals surface area contributed by atoms with Gasteiger partial charge in [0.05, 0.1) is 11.4 Å². The second kappa shape index (κ2) is 10.8. The van der Waals surface area contributed by atoms with Gasteiger partial charge in [0.2, 0.25) is 11.8 Å². The van der Waals surface area contributed by atoms with Crippen LogP contribution in [0.3, 0.4) is 0 Å². The highest BCUT2D eigenvalue weighted by molar-refractivity contribution is 7.14. The Bertz CT molecular complexity index is 1100. The highest BCUT2D eigenvalue weighted by Gasteiger charge is 2.20. The van der Waals surface area contributed by atoms with Crippen molar-refractivity contribution in [3.8, 4) is 0 Å². The van der Waals surface area contributed by atoms with Gasteiger partial charge in [0.15, 0.2) is 5.13 Å². The van der Waals surface area contributed by atoms with Gasteiger partial charge in [0.25, 0.3) is 0 Å². The number of rotatable bonds is 8. The number of nitrogens with one attached hydrogen (secondary N) is 1. The lowest BCUT2D eigenvalue weighted by molar-refractivity contribution is -0.117. The number of amides is 2. The molecule has 0 spiro atoms. The Morgan fingerprint density at radius 1 is 1.12 bits per heavy atom. The monoisotopic (exact) mass is 451 g/mol. The van der Waals surface area contributed by atoms with E-state index in [1.807, 2.05) is 18.2 Å². The van der Waals surface area contributed by atoms with Crippen LogP contribution in [0.25, 0.3) is 6.08 Å². The maximum absolute atomic E-state index is 14.2. The number of hydrogen-bond acceptors (Lipinski definition) is 4. The third kappa shape index (κ3) is 5.88. The molecule has 7 heteroatoms. The Morgan fingerprint density at radius 2 is 1.81 bits per heavy atom. The molecule has 0 saturated carbocycles. The first-order valence-corrected chi connectivity index (χ1v) is 11.3. The molecule has 1 unspecified atom stereocenters. The van der Waals surface area contributed by atoms with E-state index in [1.165, 1.54) is 46.9 Å². The predicted octanol–water partition coefficient (Wildman–Crippen LogP) is 5.54. The number of para-hydroxylation sites is 1. The minimum absolute atomic E-state index is 0.142. The fraction of sp³-hybridized carbons (Fsp3) is 0.240. The van der Waals surface area contributed by atoms with Crippen LogP contribution in [0, 0.1) is 11.7 Å². The summed E-state index contributed by atoms with van der Waals surface area (Å²) in [6.45, 7) is 6.15. The molecule has 1 aromatic heterocycles. The molecule has 0 radical (unpaired) electrons. The van der Waals surface area contributed by atoms with E-state index in [2.05, 4.69) is 36.3 Å². The van der Waals surface area contributed by atoms with Crippen molar-refractivity contribution in [2.75, 3.05) is 11.4 Å². The van der Waals surface area contributed by atoms with Gasteiger partial charge < -0.3 is 5.32 Å². The van der Waals surface area contributed by atoms with E-state index in [0.717, 1.165) is 0 Å². The third-order valence-corrected chi connectivity index (χ3v) is 5.89. The first-order valence-electron chi connectivity index (χ1n) is 10.4. The van der Waals surface area contributed by atoms with Gasteiger partial charge in [0.1, 0.15) is 5.82 Å². The van der Waals surface area contributed by atoms with Crippen LogP contribution in [0.4, 0.5) is 15.2 Å². The van der Waals surface area contributed by atoms with Crippen molar-refractivity contribution >= 4 is 40.0 Å². The Hall–Kier alpha value is -3.32. The lowest BCUT2D eigenvalue weighted by atomic mass is 9.88. The van der Waals surface area contributed by atoms with E-state index in [1.54, 1.807) is 23.6 Å². The van der Waals surface area contributed by atoms with Crippen molar-refractivity contribution < 1.29 is 14.0 Å². The van der Waals surface area contributed by atoms with Crippen molar-refractivity contribution in [1.82, 2.24) is 10.3 Å². The molecule has 32 heavy (non-hydrogen) atoms. The molecule has 1 atom stereocenters. The Balaban J connectivity index is 1.66. The molecular formula is C25H26FN3O2S. The minimum Gasteiger partial charge on any atom is -0.352 e. The summed E-state index contributed by atoms with van der Waals surface area (Å²) in [7, 11) is 0. The zero-order chi connectivity index (χ0) is 23.1. The lowest BCUT2D eigenvalue weighted by Gasteiger charge is -2.21. The first-order chi connectivity index (χ1) is 15.4. The largest absolute Gasteiger partial charge is 0.352 e. The van der Waals surface area contributed by atoms with Crippen molar-refractivity contribution in [3.05, 3.63) is 83.1 Å². The predicted molar refractivity (Wildman–Crippen MR) is 127 cm³/mol. The topological polar surface area (TPSA) is 62.3 Å². The number of hydrogen-bond donors (Lipinski definition) is 1. The fourth-order valence-corrected chi connectivity index (χ4v) is 4.21. The van der Waals surface area contributed by atoms with E-state index < -0.39 is 5.82 Å². The molecule has 0 aliphatic carbocycles. The smallest absolute Gasteiger partial charge is 0.244 e. The number of thiazole rings is 1. The molecule has 3 rings (SSSR count). The molecule has 0 aliphatic rings. The number of anilines is 2. The molecule has 5 nitrogen and oxygen atoms in total. The van der Waals surface area contributed by atoms with Crippen LogP contribution < -0.4 is 10.2 Å². The van der Waals surface area contributed by atoms with Gasteiger partial charge in [0, 0.05) is 30.8 Å². The zero-order valence-corrected chi connectivity index (χ0v) is 19.1. The molecule has 2 aromatic carbocycles. The number of nitrogens with zero attached hydrogens (tertiary/aromatic N) is 2. The second-order valence-corrected chi connectivity index (χ2v) is 8.54. The van der Waals surface area contributed by atoms with Gasteiger partial charge in [-0.3, -0.25) is 14.5 Å². The zero-order valence-electron chi connectivity index (χ0n) is 18.3. The third-order valence-electron chi connectivity index (χ3n) is 5.04. The molecule has 3 aromatic rings. The van der Waals surface area contributed by atoms with Crippen LogP contribution in [0.5, 0.6) is 0 Å². The lowest BCUT2D eigenvalue weighted by Crippen LogP contribution is -2.29. The molecule has 1 N–H and O–H groups in total. The van der Waals surface area contributed by atoms with E-state index in [4.69, 9.17) is 0 Å². The molecular weight excluding hydrogens is 425 g/mol. The van der Waals surface area contributed by atoms with Gasteiger partial charge in [-0.25, -0.2) is 9.37 Å². The standard InChI is InChI=1S/C25H26FN3O2S/c1-17(2)21(19-9-5-4-6-10-19)15-27-24(31)14-13-20-16-32-25(28-20)29(18(3)30)23-12-8-7-11-22(23)26/h4-14,16-17,21H,15H2,1-3H3,(H,27,31)/b14-13+. The summed E-state index contributed by atoms with van der Waals surface area (Å²) in [4.78, 5) is 30.1. The van der Waals surface area contributed by atoms with Crippen LogP contribution in [0.1, 0.15) is 37.9 Å². The van der Waals surface area contributed by atoms with E-state index in [9.17, 15) is 14.0 Å². The Morgan fingerprint density at radius 3 is 2.47 bits per heavy atom. The van der Waals surface area contributed by atoms with E-state index in [-0.39, 0.29) is 23.4 Å². The van der Waals surface area contributed by atoms with Crippen LogP contribution in [-0.2, 0) is 9.59 Å². The summed E-state index contributed by atoms with van der Waals surface area (Å²) in [6.07, 6.45) is 3.00. The molecule has 2 amide bonds. The average molecular weight is 452 g/mol. The number of carbonyl (C=O) groups excluding carboxylic acids is 2. The van der Waals surface area contributed by atoms with Crippen molar-refractivity contribution in [2.45, 2.75) is 26.7 Å². The Labute approximate surface area is 191 Å². The minimum atomic E-state index is -0.507. The van der Waals surface area contributed by atoms with E-state index >= 15 is 0 Å². The number of benzene rings is 2. The SMILES string of the molecule is CC(=O)N(c1nc(/C=C/C(=O)NCC(c2ccccc2)C(C)C)cs1)c1ccccc1F. The van der Waals surface area contributed by atoms with Gasteiger partial charge >= 0.3 is 0 Å². The Kier molecular flexibility index (Phi) is 7.89. The molecule has 0 aliphatic heterocycles. The molecule has 0 bridgehead atoms. The number of halogens is 1. The summed E-state index contributed by atoms with van der Waals surface area (Å²) < 4.78 is 14.2. The summed E-state index contributed by atoms with van der Waals surface area (Å²) in [5, 5.41) is 5.01. The van der Waals surface area contributed by atoms with Gasteiger partial charge in [-0.15, -0.1) is 11.3 Å². The van der Waals surface area contributed by atoms with Gasteiger partial charge in [-0.2, -0.15) is 0 Å². The maximum Gasteiger partial charge on any atom is 0.244 e. The van der Waals surface area contributed by atoms with Crippen LogP contribution in [0.15, 0.2) is 66.1 Å². The van der Waals surface area contributed by atoms with Gasteiger partial charge in [-0.05, 0) is 29.7 Å². The fourth-order valence-electron chi connectivity index (χ4n) is 3.37. The number of aromatic nitrogens is 1. The van der Waals surface area contributed by atoms with Gasteiger partial charge in [-0.1, -0.05) is 56.3 Å². The highest BCUT2D eigenvalue weighted by atomic mass is 32.1. The highest BCUT2D eigenvalue weighted by Crippen LogP contribution is 2.31. The quantitative estimate of drug-likeness (QED) is 0.458. The molecule has 0 saturated heterocycles. The van der Waals surface area contributed by atoms with Crippen molar-refractivity contribution in [1.29, 1.82) is 0 Å². The second-order valence-electron chi connectivity index (χ2n) is 7.70. The molecule has 0 fully saturated rings. The van der Waals surface area contributed by atoms with Crippen molar-refractivity contribution in [2.24, 2.45) is 5.92 Å². The van der Waals surface area contributed by atoms with Crippen molar-refractivity contribution in [3.63, 3.8) is 0 Å². The normalized spacial score (nSPS) is 12.2.